The van der Waals surface area contributed by atoms with Gasteiger partial charge in [0, 0.05) is 41.8 Å². The smallest absolute Gasteiger partial charge is 0.224 e. The lowest BCUT2D eigenvalue weighted by Crippen LogP contribution is -2.37. The van der Waals surface area contributed by atoms with Crippen LogP contribution in [0, 0.1) is 0 Å². The van der Waals surface area contributed by atoms with Gasteiger partial charge in [0.2, 0.25) is 5.91 Å². The maximum absolute atomic E-state index is 11.9. The molecule has 1 aromatic carbocycles. The van der Waals surface area contributed by atoms with Gasteiger partial charge < -0.3 is 16.0 Å². The average Bonchev–Trinajstić information content (AvgIpc) is 3.11. The van der Waals surface area contributed by atoms with Gasteiger partial charge in [-0.2, -0.15) is 0 Å². The van der Waals surface area contributed by atoms with Crippen LogP contribution in [0.5, 0.6) is 0 Å². The van der Waals surface area contributed by atoms with Gasteiger partial charge in [0.15, 0.2) is 5.96 Å². The number of hydrogen-bond donors (Lipinski definition) is 3. The summed E-state index contributed by atoms with van der Waals surface area (Å²) in [6.07, 6.45) is 4.05. The number of anilines is 1. The van der Waals surface area contributed by atoms with Gasteiger partial charge in [-0.25, -0.2) is 4.98 Å². The lowest BCUT2D eigenvalue weighted by Gasteiger charge is -2.11. The molecule has 0 aliphatic rings. The molecule has 6 nitrogen and oxygen atoms in total. The van der Waals surface area contributed by atoms with E-state index >= 15 is 0 Å². The predicted molar refractivity (Wildman–Crippen MR) is 109 cm³/mol. The van der Waals surface area contributed by atoms with Crippen molar-refractivity contribution >= 4 is 40.5 Å². The Morgan fingerprint density at radius 2 is 2.04 bits per heavy atom. The van der Waals surface area contributed by atoms with Crippen LogP contribution in [0.25, 0.3) is 0 Å². The summed E-state index contributed by atoms with van der Waals surface area (Å²) in [4.78, 5) is 21.8. The molecule has 0 spiro atoms. The zero-order chi connectivity index (χ0) is 18.8. The number of carbonyl (C=O) groups excluding carboxylic acids is 1. The summed E-state index contributed by atoms with van der Waals surface area (Å²) in [5, 5.41) is 11.0. The Morgan fingerprint density at radius 3 is 2.69 bits per heavy atom. The van der Waals surface area contributed by atoms with Crippen LogP contribution in [0.2, 0.25) is 5.02 Å². The molecule has 0 saturated heterocycles. The van der Waals surface area contributed by atoms with E-state index in [4.69, 9.17) is 11.6 Å². The number of aryl methyl sites for hydroxylation is 1. The first-order valence-electron chi connectivity index (χ1n) is 8.54. The van der Waals surface area contributed by atoms with Crippen molar-refractivity contribution in [1.29, 1.82) is 0 Å². The monoisotopic (exact) mass is 393 g/mol. The molecule has 0 saturated carbocycles. The molecule has 0 bridgehead atoms. The average molecular weight is 394 g/mol. The standard InChI is InChI=1S/C18H24ClN5OS/c1-3-15-11-22-17(26-15)12-23-18(20-2)21-10-4-5-16(25)24-14-8-6-13(19)7-9-14/h6-9,11H,3-5,10,12H2,1-2H3,(H,24,25)(H2,20,21,23). The molecule has 1 heterocycles. The molecule has 3 N–H and O–H groups in total. The molecule has 140 valence electrons. The van der Waals surface area contributed by atoms with Gasteiger partial charge in [-0.05, 0) is 37.1 Å². The first-order valence-corrected chi connectivity index (χ1v) is 9.73. The molecule has 0 fully saturated rings. The quantitative estimate of drug-likeness (QED) is 0.364. The summed E-state index contributed by atoms with van der Waals surface area (Å²) in [6.45, 7) is 3.42. The van der Waals surface area contributed by atoms with E-state index in [2.05, 4.69) is 32.9 Å². The van der Waals surface area contributed by atoms with Gasteiger partial charge in [0.05, 0.1) is 6.54 Å². The summed E-state index contributed by atoms with van der Waals surface area (Å²) >= 11 is 7.53. The third-order valence-corrected chi connectivity index (χ3v) is 4.98. The van der Waals surface area contributed by atoms with Crippen LogP contribution in [0.4, 0.5) is 5.69 Å². The van der Waals surface area contributed by atoms with E-state index in [9.17, 15) is 4.79 Å². The van der Waals surface area contributed by atoms with E-state index in [1.807, 2.05) is 6.20 Å². The lowest BCUT2D eigenvalue weighted by atomic mass is 10.2. The van der Waals surface area contributed by atoms with Crippen LogP contribution < -0.4 is 16.0 Å². The molecule has 26 heavy (non-hydrogen) atoms. The number of hydrogen-bond acceptors (Lipinski definition) is 4. The fourth-order valence-electron chi connectivity index (χ4n) is 2.19. The zero-order valence-corrected chi connectivity index (χ0v) is 16.6. The van der Waals surface area contributed by atoms with Crippen LogP contribution >= 0.6 is 22.9 Å². The Hall–Kier alpha value is -2.12. The molecule has 8 heteroatoms. The second-order valence-electron chi connectivity index (χ2n) is 5.59. The van der Waals surface area contributed by atoms with Crippen LogP contribution in [0.15, 0.2) is 35.5 Å². The normalized spacial score (nSPS) is 11.3. The number of halogens is 1. The Kier molecular flexibility index (Phi) is 8.37. The van der Waals surface area contributed by atoms with Crippen molar-refractivity contribution in [3.8, 4) is 0 Å². The first kappa shape index (κ1) is 20.2. The molecule has 0 atom stereocenters. The van der Waals surface area contributed by atoms with Gasteiger partial charge in [-0.15, -0.1) is 11.3 Å². The fraction of sp³-hybridized carbons (Fsp3) is 0.389. The van der Waals surface area contributed by atoms with Crippen LogP contribution in [-0.4, -0.2) is 30.4 Å². The molecule has 2 rings (SSSR count). The number of carbonyl (C=O) groups is 1. The second kappa shape index (κ2) is 10.8. The predicted octanol–water partition coefficient (Wildman–Crippen LogP) is 3.44. The van der Waals surface area contributed by atoms with E-state index in [0.29, 0.717) is 36.9 Å². The van der Waals surface area contributed by atoms with Crippen molar-refractivity contribution in [3.63, 3.8) is 0 Å². The highest BCUT2D eigenvalue weighted by Gasteiger charge is 2.05. The van der Waals surface area contributed by atoms with Gasteiger partial charge >= 0.3 is 0 Å². The summed E-state index contributed by atoms with van der Waals surface area (Å²) in [6, 6.07) is 7.07. The van der Waals surface area contributed by atoms with Crippen LogP contribution in [0.3, 0.4) is 0 Å². The maximum Gasteiger partial charge on any atom is 0.224 e. The number of benzene rings is 1. The first-order chi connectivity index (χ1) is 12.6. The highest BCUT2D eigenvalue weighted by molar-refractivity contribution is 7.11. The molecule has 0 radical (unpaired) electrons. The number of rotatable bonds is 8. The lowest BCUT2D eigenvalue weighted by molar-refractivity contribution is -0.116. The summed E-state index contributed by atoms with van der Waals surface area (Å²) in [7, 11) is 1.72. The Balaban J connectivity index is 1.63. The third kappa shape index (κ3) is 7.01. The van der Waals surface area contributed by atoms with E-state index < -0.39 is 0 Å². The number of guanidine groups is 1. The van der Waals surface area contributed by atoms with E-state index in [-0.39, 0.29) is 5.91 Å². The largest absolute Gasteiger partial charge is 0.356 e. The SMILES string of the molecule is CCc1cnc(CNC(=NC)NCCCC(=O)Nc2ccc(Cl)cc2)s1. The van der Waals surface area contributed by atoms with Crippen LogP contribution in [-0.2, 0) is 17.8 Å². The minimum absolute atomic E-state index is 0.0213. The third-order valence-electron chi connectivity index (χ3n) is 3.58. The highest BCUT2D eigenvalue weighted by atomic mass is 35.5. The van der Waals surface area contributed by atoms with E-state index in [0.717, 1.165) is 17.1 Å². The second-order valence-corrected chi connectivity index (χ2v) is 7.22. The van der Waals surface area contributed by atoms with Crippen LogP contribution in [0.1, 0.15) is 29.7 Å². The minimum Gasteiger partial charge on any atom is -0.356 e. The number of thiazole rings is 1. The Labute approximate surface area is 163 Å². The number of nitrogens with one attached hydrogen (secondary N) is 3. The van der Waals surface area contributed by atoms with Crippen molar-refractivity contribution in [1.82, 2.24) is 15.6 Å². The summed E-state index contributed by atoms with van der Waals surface area (Å²) < 4.78 is 0. The molecule has 0 unspecified atom stereocenters. The van der Waals surface area contributed by atoms with Crippen molar-refractivity contribution in [2.24, 2.45) is 4.99 Å². The fourth-order valence-corrected chi connectivity index (χ4v) is 3.11. The summed E-state index contributed by atoms with van der Waals surface area (Å²) in [5.41, 5.74) is 0.750. The van der Waals surface area contributed by atoms with Crippen molar-refractivity contribution in [2.45, 2.75) is 32.7 Å². The number of aromatic nitrogens is 1. The highest BCUT2D eigenvalue weighted by Crippen LogP contribution is 2.14. The number of nitrogens with zero attached hydrogens (tertiary/aromatic N) is 2. The molecule has 1 aromatic heterocycles. The van der Waals surface area contributed by atoms with Crippen molar-refractivity contribution < 1.29 is 4.79 Å². The molecule has 2 aromatic rings. The van der Waals surface area contributed by atoms with Gasteiger partial charge in [-0.3, -0.25) is 9.79 Å². The molecular weight excluding hydrogens is 370 g/mol. The topological polar surface area (TPSA) is 78.4 Å². The molecule has 0 aliphatic carbocycles. The molecule has 0 aliphatic heterocycles. The van der Waals surface area contributed by atoms with E-state index in [1.54, 1.807) is 42.6 Å². The van der Waals surface area contributed by atoms with E-state index in [1.165, 1.54) is 4.88 Å². The van der Waals surface area contributed by atoms with Gasteiger partial charge in [0.1, 0.15) is 5.01 Å². The van der Waals surface area contributed by atoms with Gasteiger partial charge in [-0.1, -0.05) is 18.5 Å². The maximum atomic E-state index is 11.9. The zero-order valence-electron chi connectivity index (χ0n) is 15.0. The van der Waals surface area contributed by atoms with Gasteiger partial charge in [0.25, 0.3) is 0 Å². The molecule has 1 amide bonds. The minimum atomic E-state index is -0.0213. The Morgan fingerprint density at radius 1 is 1.27 bits per heavy atom. The van der Waals surface area contributed by atoms with Crippen molar-refractivity contribution in [2.75, 3.05) is 18.9 Å². The molecular formula is C18H24ClN5OS. The summed E-state index contributed by atoms with van der Waals surface area (Å²) in [5.74, 6) is 0.684. The number of amides is 1. The Bertz CT molecular complexity index is 729. The van der Waals surface area contributed by atoms with Crippen molar-refractivity contribution in [3.05, 3.63) is 45.4 Å². The number of aliphatic imine (C=N–C) groups is 1.